The van der Waals surface area contributed by atoms with Crippen molar-refractivity contribution >= 4 is 39.1 Å². The maximum absolute atomic E-state index is 12.5. The zero-order chi connectivity index (χ0) is 21.0. The van der Waals surface area contributed by atoms with Gasteiger partial charge in [-0.1, -0.05) is 30.3 Å². The second-order valence-corrected chi connectivity index (χ2v) is 8.47. The van der Waals surface area contributed by atoms with E-state index >= 15 is 0 Å². The summed E-state index contributed by atoms with van der Waals surface area (Å²) in [6, 6.07) is 13.6. The third kappa shape index (κ3) is 5.19. The number of aromatic nitrogens is 1. The number of rotatable bonds is 7. The third-order valence-electron chi connectivity index (χ3n) is 5.07. The van der Waals surface area contributed by atoms with Crippen LogP contribution in [0, 0.1) is 13.8 Å². The second kappa shape index (κ2) is 9.15. The first-order valence-corrected chi connectivity index (χ1v) is 10.5. The van der Waals surface area contributed by atoms with E-state index in [4.69, 9.17) is 0 Å². The average molecular weight is 412 g/mol. The summed E-state index contributed by atoms with van der Waals surface area (Å²) in [7, 11) is 1.97. The van der Waals surface area contributed by atoms with Crippen molar-refractivity contribution in [1.82, 2.24) is 10.3 Å². The van der Waals surface area contributed by atoms with Crippen LogP contribution in [0.25, 0.3) is 10.2 Å². The van der Waals surface area contributed by atoms with Gasteiger partial charge in [0.2, 0.25) is 5.91 Å². The van der Waals surface area contributed by atoms with Crippen LogP contribution in [-0.4, -0.2) is 36.4 Å². The molecule has 1 aromatic heterocycles. The van der Waals surface area contributed by atoms with Gasteiger partial charge in [0.05, 0.1) is 23.8 Å². The Morgan fingerprint density at radius 1 is 1.10 bits per heavy atom. The van der Waals surface area contributed by atoms with Gasteiger partial charge in [0.1, 0.15) is 11.6 Å². The summed E-state index contributed by atoms with van der Waals surface area (Å²) < 4.78 is 1.15. The number of carbonyl (C=O) groups is 2. The van der Waals surface area contributed by atoms with E-state index in [-0.39, 0.29) is 24.4 Å². The number of hydrogen-bond acceptors (Lipinski definition) is 4. The molecule has 0 aliphatic rings. The van der Waals surface area contributed by atoms with Gasteiger partial charge in [-0.25, -0.2) is 4.98 Å². The van der Waals surface area contributed by atoms with Crippen molar-refractivity contribution in [2.75, 3.05) is 18.9 Å². The van der Waals surface area contributed by atoms with Crippen LogP contribution in [0.1, 0.15) is 23.1 Å². The molecule has 2 amide bonds. The minimum Gasteiger partial charge on any atom is -0.342 e. The van der Waals surface area contributed by atoms with Crippen molar-refractivity contribution in [1.29, 1.82) is 0 Å². The van der Waals surface area contributed by atoms with Crippen LogP contribution in [0.2, 0.25) is 0 Å². The molecule has 3 aromatic rings. The van der Waals surface area contributed by atoms with Crippen LogP contribution < -0.4 is 15.5 Å². The highest BCUT2D eigenvalue weighted by molar-refractivity contribution is 7.18. The molecule has 0 bridgehead atoms. The number of likely N-dealkylation sites (N-methyl/N-ethyl adjacent to an activating group) is 1. The Labute approximate surface area is 174 Å². The van der Waals surface area contributed by atoms with Gasteiger partial charge in [0, 0.05) is 5.69 Å². The minimum absolute atomic E-state index is 0.0502. The standard InChI is InChI=1S/C22H26N4O2S/c1-14-8-7-9-15(2)21(14)25-19(27)12-23-22(28)16(3)26(4)13-20-24-17-10-5-6-11-18(17)29-20/h5-11,16H,12-13H2,1-4H3,(H,23,28)(H,25,27)/p+1. The number of nitrogens with one attached hydrogen (secondary N) is 3. The minimum atomic E-state index is -0.296. The van der Waals surface area contributed by atoms with Crippen LogP contribution in [0.5, 0.6) is 0 Å². The molecule has 7 heteroatoms. The largest absolute Gasteiger partial charge is 0.342 e. The summed E-state index contributed by atoms with van der Waals surface area (Å²) in [6.07, 6.45) is 0. The predicted octanol–water partition coefficient (Wildman–Crippen LogP) is 2.07. The Morgan fingerprint density at radius 2 is 1.79 bits per heavy atom. The SMILES string of the molecule is Cc1cccc(C)c1NC(=O)CNC(=O)C(C)[NH+](C)Cc1nc2ccccc2s1. The van der Waals surface area contributed by atoms with Crippen molar-refractivity contribution < 1.29 is 14.5 Å². The monoisotopic (exact) mass is 411 g/mol. The molecule has 0 saturated heterocycles. The third-order valence-corrected chi connectivity index (χ3v) is 6.11. The molecule has 152 valence electrons. The maximum Gasteiger partial charge on any atom is 0.278 e. The van der Waals surface area contributed by atoms with Gasteiger partial charge in [-0.05, 0) is 44.0 Å². The van der Waals surface area contributed by atoms with Crippen LogP contribution in [0.15, 0.2) is 42.5 Å². The first-order chi connectivity index (χ1) is 13.8. The van der Waals surface area contributed by atoms with Crippen molar-refractivity contribution in [3.63, 3.8) is 0 Å². The first kappa shape index (κ1) is 21.0. The molecule has 2 unspecified atom stereocenters. The fraction of sp³-hybridized carbons (Fsp3) is 0.318. The molecular weight excluding hydrogens is 384 g/mol. The number of nitrogens with zero attached hydrogens (tertiary/aromatic N) is 1. The number of aryl methyl sites for hydroxylation is 2. The molecular formula is C22H27N4O2S+. The van der Waals surface area contributed by atoms with Gasteiger partial charge in [0.15, 0.2) is 6.04 Å². The van der Waals surface area contributed by atoms with Gasteiger partial charge < -0.3 is 15.5 Å². The van der Waals surface area contributed by atoms with E-state index in [0.29, 0.717) is 6.54 Å². The molecule has 3 rings (SSSR count). The van der Waals surface area contributed by atoms with E-state index in [2.05, 4.69) is 21.7 Å². The molecule has 0 fully saturated rings. The summed E-state index contributed by atoms with van der Waals surface area (Å²) in [5, 5.41) is 6.63. The van der Waals surface area contributed by atoms with Gasteiger partial charge in [-0.15, -0.1) is 11.3 Å². The fourth-order valence-corrected chi connectivity index (χ4v) is 4.19. The lowest BCUT2D eigenvalue weighted by Gasteiger charge is -2.20. The van der Waals surface area contributed by atoms with Crippen LogP contribution in [0.4, 0.5) is 5.69 Å². The zero-order valence-electron chi connectivity index (χ0n) is 17.2. The van der Waals surface area contributed by atoms with Crippen molar-refractivity contribution in [3.8, 4) is 0 Å². The molecule has 29 heavy (non-hydrogen) atoms. The molecule has 1 heterocycles. The number of anilines is 1. The van der Waals surface area contributed by atoms with Crippen molar-refractivity contribution in [3.05, 3.63) is 58.6 Å². The molecule has 0 spiro atoms. The van der Waals surface area contributed by atoms with Crippen LogP contribution >= 0.6 is 11.3 Å². The Kier molecular flexibility index (Phi) is 6.61. The Bertz CT molecular complexity index is 977. The Balaban J connectivity index is 1.52. The lowest BCUT2D eigenvalue weighted by molar-refractivity contribution is -0.908. The maximum atomic E-state index is 12.5. The second-order valence-electron chi connectivity index (χ2n) is 7.35. The number of carbonyl (C=O) groups excluding carboxylic acids is 2. The highest BCUT2D eigenvalue weighted by Crippen LogP contribution is 2.21. The Morgan fingerprint density at radius 3 is 2.48 bits per heavy atom. The van der Waals surface area contributed by atoms with Gasteiger partial charge >= 0.3 is 0 Å². The number of amides is 2. The summed E-state index contributed by atoms with van der Waals surface area (Å²) in [6.45, 7) is 6.36. The molecule has 0 radical (unpaired) electrons. The molecule has 0 saturated carbocycles. The van der Waals surface area contributed by atoms with E-state index in [0.717, 1.165) is 36.9 Å². The van der Waals surface area contributed by atoms with Gasteiger partial charge in [-0.3, -0.25) is 9.59 Å². The van der Waals surface area contributed by atoms with E-state index in [1.165, 1.54) is 0 Å². The van der Waals surface area contributed by atoms with Gasteiger partial charge in [0.25, 0.3) is 5.91 Å². The lowest BCUT2D eigenvalue weighted by atomic mass is 10.1. The van der Waals surface area contributed by atoms with E-state index in [9.17, 15) is 9.59 Å². The predicted molar refractivity (Wildman–Crippen MR) is 117 cm³/mol. The summed E-state index contributed by atoms with van der Waals surface area (Å²) >= 11 is 1.65. The lowest BCUT2D eigenvalue weighted by Crippen LogP contribution is -3.12. The first-order valence-electron chi connectivity index (χ1n) is 9.65. The molecule has 0 aliphatic carbocycles. The smallest absolute Gasteiger partial charge is 0.278 e. The number of fused-ring (bicyclic) bond motifs is 1. The number of benzene rings is 2. The quantitative estimate of drug-likeness (QED) is 0.557. The Hall–Kier alpha value is -2.77. The summed E-state index contributed by atoms with van der Waals surface area (Å²) in [5.74, 6) is -0.382. The van der Waals surface area contributed by atoms with Crippen molar-refractivity contribution in [2.24, 2.45) is 0 Å². The van der Waals surface area contributed by atoms with Gasteiger partial charge in [-0.2, -0.15) is 0 Å². The van der Waals surface area contributed by atoms with Crippen LogP contribution in [-0.2, 0) is 16.1 Å². The number of para-hydroxylation sites is 2. The average Bonchev–Trinajstić information content (AvgIpc) is 3.10. The molecule has 3 N–H and O–H groups in total. The molecule has 2 aromatic carbocycles. The fourth-order valence-electron chi connectivity index (χ4n) is 3.13. The summed E-state index contributed by atoms with van der Waals surface area (Å²) in [5.41, 5.74) is 3.79. The van der Waals surface area contributed by atoms with E-state index < -0.39 is 0 Å². The molecule has 6 nitrogen and oxygen atoms in total. The normalized spacial score (nSPS) is 13.1. The van der Waals surface area contributed by atoms with Crippen LogP contribution in [0.3, 0.4) is 0 Å². The van der Waals surface area contributed by atoms with Crippen molar-refractivity contribution in [2.45, 2.75) is 33.4 Å². The topological polar surface area (TPSA) is 75.5 Å². The van der Waals surface area contributed by atoms with E-state index in [1.807, 2.05) is 64.2 Å². The highest BCUT2D eigenvalue weighted by atomic mass is 32.1. The number of quaternary nitrogens is 1. The zero-order valence-corrected chi connectivity index (χ0v) is 18.0. The van der Waals surface area contributed by atoms with E-state index in [1.54, 1.807) is 11.3 Å². The summed E-state index contributed by atoms with van der Waals surface area (Å²) in [4.78, 5) is 30.4. The molecule has 2 atom stereocenters. The highest BCUT2D eigenvalue weighted by Gasteiger charge is 2.23. The molecule has 0 aliphatic heterocycles. The number of thiazole rings is 1. The number of hydrogen-bond donors (Lipinski definition) is 3.